The smallest absolute Gasteiger partial charge is 0.0638 e. The number of morpholine rings is 1. The van der Waals surface area contributed by atoms with Crippen molar-refractivity contribution < 1.29 is 4.74 Å². The molecule has 2 unspecified atom stereocenters. The lowest BCUT2D eigenvalue weighted by Gasteiger charge is -2.31. The molecule has 2 heterocycles. The molecule has 0 aliphatic carbocycles. The molecule has 1 aliphatic heterocycles. The second kappa shape index (κ2) is 5.33. The second-order valence-electron chi connectivity index (χ2n) is 5.11. The number of hydrogen-bond donors (Lipinski definition) is 2. The van der Waals surface area contributed by atoms with Crippen molar-refractivity contribution in [2.24, 2.45) is 7.05 Å². The molecule has 0 spiro atoms. The fraction of sp³-hybridized carbons (Fsp3) is 0.467. The highest BCUT2D eigenvalue weighted by Gasteiger charge is 2.26. The molecule has 102 valence electrons. The zero-order valence-corrected chi connectivity index (χ0v) is 11.5. The van der Waals surface area contributed by atoms with Gasteiger partial charge in [0.25, 0.3) is 0 Å². The predicted octanol–water partition coefficient (Wildman–Crippen LogP) is 1.43. The molecule has 1 aromatic heterocycles. The van der Waals surface area contributed by atoms with Crippen molar-refractivity contribution in [3.8, 4) is 0 Å². The van der Waals surface area contributed by atoms with Gasteiger partial charge in [-0.25, -0.2) is 0 Å². The van der Waals surface area contributed by atoms with E-state index < -0.39 is 0 Å². The van der Waals surface area contributed by atoms with Gasteiger partial charge in [0.15, 0.2) is 0 Å². The van der Waals surface area contributed by atoms with Crippen molar-refractivity contribution in [1.82, 2.24) is 15.2 Å². The van der Waals surface area contributed by atoms with E-state index in [2.05, 4.69) is 52.7 Å². The molecule has 3 rings (SSSR count). The van der Waals surface area contributed by atoms with Crippen LogP contribution in [-0.4, -0.2) is 37.4 Å². The van der Waals surface area contributed by atoms with E-state index in [9.17, 15) is 0 Å². The molecule has 1 aromatic carbocycles. The van der Waals surface area contributed by atoms with E-state index in [1.165, 1.54) is 16.5 Å². The molecular formula is C15H21N3O. The molecule has 1 fully saturated rings. The molecule has 2 aromatic rings. The van der Waals surface area contributed by atoms with Gasteiger partial charge in [-0.05, 0) is 18.7 Å². The summed E-state index contributed by atoms with van der Waals surface area (Å²) in [5.74, 6) is 0. The van der Waals surface area contributed by atoms with Crippen LogP contribution in [0.3, 0.4) is 0 Å². The van der Waals surface area contributed by atoms with Gasteiger partial charge in [0.2, 0.25) is 0 Å². The molecule has 19 heavy (non-hydrogen) atoms. The Bertz CT molecular complexity index is 558. The molecule has 2 atom stereocenters. The maximum absolute atomic E-state index is 5.60. The molecule has 1 aliphatic rings. The normalized spacial score (nSPS) is 21.7. The summed E-state index contributed by atoms with van der Waals surface area (Å²) in [5, 5.41) is 8.30. The molecule has 2 N–H and O–H groups in total. The molecule has 1 saturated heterocycles. The van der Waals surface area contributed by atoms with E-state index >= 15 is 0 Å². The van der Waals surface area contributed by atoms with Crippen molar-refractivity contribution in [2.75, 3.05) is 26.8 Å². The monoisotopic (exact) mass is 259 g/mol. The van der Waals surface area contributed by atoms with Gasteiger partial charge in [-0.2, -0.15) is 0 Å². The Labute approximate surface area is 113 Å². The Morgan fingerprint density at radius 1 is 1.42 bits per heavy atom. The van der Waals surface area contributed by atoms with Crippen LogP contribution in [0.1, 0.15) is 11.6 Å². The van der Waals surface area contributed by atoms with E-state index in [1.54, 1.807) is 0 Å². The molecule has 0 saturated carbocycles. The number of rotatable bonds is 3. The first kappa shape index (κ1) is 12.7. The minimum Gasteiger partial charge on any atom is -0.378 e. The minimum atomic E-state index is 0.270. The predicted molar refractivity (Wildman–Crippen MR) is 77.3 cm³/mol. The van der Waals surface area contributed by atoms with Gasteiger partial charge >= 0.3 is 0 Å². The first-order valence-corrected chi connectivity index (χ1v) is 6.83. The largest absolute Gasteiger partial charge is 0.378 e. The summed E-state index contributed by atoms with van der Waals surface area (Å²) in [7, 11) is 4.12. The third-order valence-corrected chi connectivity index (χ3v) is 3.93. The Balaban J connectivity index is 2.01. The third-order valence-electron chi connectivity index (χ3n) is 3.93. The van der Waals surface area contributed by atoms with Gasteiger partial charge in [0.1, 0.15) is 0 Å². The van der Waals surface area contributed by atoms with Gasteiger partial charge in [0.05, 0.1) is 25.3 Å². The Hall–Kier alpha value is -1.36. The molecular weight excluding hydrogens is 238 g/mol. The summed E-state index contributed by atoms with van der Waals surface area (Å²) >= 11 is 0. The average molecular weight is 259 g/mol. The first-order valence-electron chi connectivity index (χ1n) is 6.83. The van der Waals surface area contributed by atoms with Gasteiger partial charge in [0, 0.05) is 30.7 Å². The second-order valence-corrected chi connectivity index (χ2v) is 5.11. The SMILES string of the molecule is CNC(c1cn(C)c2ccccc12)C1COCCN1. The zero-order chi connectivity index (χ0) is 13.2. The van der Waals surface area contributed by atoms with E-state index in [1.807, 2.05) is 7.05 Å². The third kappa shape index (κ3) is 2.27. The van der Waals surface area contributed by atoms with Crippen LogP contribution < -0.4 is 10.6 Å². The van der Waals surface area contributed by atoms with Crippen molar-refractivity contribution in [1.29, 1.82) is 0 Å². The van der Waals surface area contributed by atoms with Crippen LogP contribution >= 0.6 is 0 Å². The quantitative estimate of drug-likeness (QED) is 0.875. The van der Waals surface area contributed by atoms with Gasteiger partial charge < -0.3 is 19.9 Å². The van der Waals surface area contributed by atoms with Crippen molar-refractivity contribution >= 4 is 10.9 Å². The summed E-state index contributed by atoms with van der Waals surface area (Å²) in [6.45, 7) is 2.49. The molecule has 0 amide bonds. The fourth-order valence-corrected chi connectivity index (χ4v) is 2.99. The number of hydrogen-bond acceptors (Lipinski definition) is 3. The molecule has 0 bridgehead atoms. The number of aromatic nitrogens is 1. The van der Waals surface area contributed by atoms with Crippen LogP contribution in [0.2, 0.25) is 0 Å². The van der Waals surface area contributed by atoms with Crippen LogP contribution in [0.15, 0.2) is 30.5 Å². The number of likely N-dealkylation sites (N-methyl/N-ethyl adjacent to an activating group) is 1. The Kier molecular flexibility index (Phi) is 3.55. The van der Waals surface area contributed by atoms with E-state index in [4.69, 9.17) is 4.74 Å². The summed E-state index contributed by atoms with van der Waals surface area (Å²) in [4.78, 5) is 0. The maximum atomic E-state index is 5.60. The molecule has 0 radical (unpaired) electrons. The lowest BCUT2D eigenvalue weighted by Crippen LogP contribution is -2.48. The standard InChI is InChI=1S/C15H21N3O/c1-16-15(13-10-19-8-7-17-13)12-9-18(2)14-6-4-3-5-11(12)14/h3-6,9,13,15-17H,7-8,10H2,1-2H3. The fourth-order valence-electron chi connectivity index (χ4n) is 2.99. The molecule has 4 heteroatoms. The van der Waals surface area contributed by atoms with Crippen LogP contribution in [0.5, 0.6) is 0 Å². The van der Waals surface area contributed by atoms with Crippen molar-refractivity contribution in [3.05, 3.63) is 36.0 Å². The molecule has 4 nitrogen and oxygen atoms in total. The highest BCUT2D eigenvalue weighted by Crippen LogP contribution is 2.28. The van der Waals surface area contributed by atoms with Crippen LogP contribution in [-0.2, 0) is 11.8 Å². The van der Waals surface area contributed by atoms with Crippen LogP contribution in [0.25, 0.3) is 10.9 Å². The zero-order valence-electron chi connectivity index (χ0n) is 11.5. The summed E-state index contributed by atoms with van der Waals surface area (Å²) < 4.78 is 7.79. The highest BCUT2D eigenvalue weighted by molar-refractivity contribution is 5.84. The summed E-state index contributed by atoms with van der Waals surface area (Å²) in [6, 6.07) is 9.14. The first-order chi connectivity index (χ1) is 9.31. The lowest BCUT2D eigenvalue weighted by atomic mass is 9.98. The van der Waals surface area contributed by atoms with Crippen molar-refractivity contribution in [2.45, 2.75) is 12.1 Å². The number of para-hydroxylation sites is 1. The number of benzene rings is 1. The summed E-state index contributed by atoms with van der Waals surface area (Å²) in [6.07, 6.45) is 2.22. The summed E-state index contributed by atoms with van der Waals surface area (Å²) in [5.41, 5.74) is 2.61. The Morgan fingerprint density at radius 2 is 2.26 bits per heavy atom. The van der Waals surface area contributed by atoms with Gasteiger partial charge in [-0.15, -0.1) is 0 Å². The van der Waals surface area contributed by atoms with Gasteiger partial charge in [-0.3, -0.25) is 0 Å². The number of aryl methyl sites for hydroxylation is 1. The number of nitrogens with zero attached hydrogens (tertiary/aromatic N) is 1. The van der Waals surface area contributed by atoms with Gasteiger partial charge in [-0.1, -0.05) is 18.2 Å². The maximum Gasteiger partial charge on any atom is 0.0638 e. The topological polar surface area (TPSA) is 38.2 Å². The minimum absolute atomic E-state index is 0.270. The highest BCUT2D eigenvalue weighted by atomic mass is 16.5. The van der Waals surface area contributed by atoms with Crippen molar-refractivity contribution in [3.63, 3.8) is 0 Å². The van der Waals surface area contributed by atoms with Crippen LogP contribution in [0.4, 0.5) is 0 Å². The van der Waals surface area contributed by atoms with E-state index in [0.717, 1.165) is 19.8 Å². The Morgan fingerprint density at radius 3 is 3.00 bits per heavy atom. The number of ether oxygens (including phenoxy) is 1. The number of fused-ring (bicyclic) bond motifs is 1. The lowest BCUT2D eigenvalue weighted by molar-refractivity contribution is 0.0647. The van der Waals surface area contributed by atoms with E-state index in [-0.39, 0.29) is 6.04 Å². The number of nitrogens with one attached hydrogen (secondary N) is 2. The van der Waals surface area contributed by atoms with E-state index in [0.29, 0.717) is 6.04 Å². The average Bonchev–Trinajstić information content (AvgIpc) is 2.79. The van der Waals surface area contributed by atoms with Crippen LogP contribution in [0, 0.1) is 0 Å².